The van der Waals surface area contributed by atoms with E-state index in [1.165, 1.54) is 18.2 Å². The zero-order valence-electron chi connectivity index (χ0n) is 9.31. The van der Waals surface area contributed by atoms with Crippen molar-refractivity contribution in [3.05, 3.63) is 28.2 Å². The standard InChI is InChI=1S/C11H12BrF2NO3/c12-7-1-2-9(17)8(5-7)11(18)15(3-4-16)6-10(13)14/h1-2,5,10,16-17H,3-4,6H2. The molecule has 0 saturated heterocycles. The van der Waals surface area contributed by atoms with Gasteiger partial charge in [0, 0.05) is 11.0 Å². The van der Waals surface area contributed by atoms with Gasteiger partial charge in [-0.05, 0) is 18.2 Å². The number of benzene rings is 1. The fourth-order valence-electron chi connectivity index (χ4n) is 1.41. The maximum Gasteiger partial charge on any atom is 0.257 e. The van der Waals surface area contributed by atoms with Crippen LogP contribution in [0.2, 0.25) is 0 Å². The lowest BCUT2D eigenvalue weighted by Crippen LogP contribution is -2.37. The Bertz CT molecular complexity index is 429. The third-order valence-corrected chi connectivity index (χ3v) is 2.70. The van der Waals surface area contributed by atoms with Gasteiger partial charge in [0.2, 0.25) is 0 Å². The van der Waals surface area contributed by atoms with Crippen LogP contribution in [-0.2, 0) is 0 Å². The lowest BCUT2D eigenvalue weighted by atomic mass is 10.1. The van der Waals surface area contributed by atoms with Gasteiger partial charge in [0.1, 0.15) is 5.75 Å². The SMILES string of the molecule is O=C(c1cc(Br)ccc1O)N(CCO)CC(F)F. The van der Waals surface area contributed by atoms with Crippen LogP contribution in [0.1, 0.15) is 10.4 Å². The normalized spacial score (nSPS) is 10.7. The van der Waals surface area contributed by atoms with Gasteiger partial charge < -0.3 is 15.1 Å². The molecular formula is C11H12BrF2NO3. The van der Waals surface area contributed by atoms with E-state index in [2.05, 4.69) is 15.9 Å². The minimum Gasteiger partial charge on any atom is -0.507 e. The highest BCUT2D eigenvalue weighted by Gasteiger charge is 2.21. The molecule has 0 radical (unpaired) electrons. The van der Waals surface area contributed by atoms with Crippen LogP contribution in [0.4, 0.5) is 8.78 Å². The summed E-state index contributed by atoms with van der Waals surface area (Å²) >= 11 is 3.12. The summed E-state index contributed by atoms with van der Waals surface area (Å²) in [5.41, 5.74) is -0.0847. The Hall–Kier alpha value is -1.21. The Kier molecular flexibility index (Phi) is 5.49. The molecule has 0 aliphatic heterocycles. The van der Waals surface area contributed by atoms with E-state index in [1.54, 1.807) is 0 Å². The van der Waals surface area contributed by atoms with Crippen molar-refractivity contribution in [1.29, 1.82) is 0 Å². The van der Waals surface area contributed by atoms with Gasteiger partial charge >= 0.3 is 0 Å². The number of aliphatic hydroxyl groups is 1. The van der Waals surface area contributed by atoms with Crippen molar-refractivity contribution < 1.29 is 23.8 Å². The van der Waals surface area contributed by atoms with Gasteiger partial charge in [0.15, 0.2) is 0 Å². The molecule has 0 unspecified atom stereocenters. The molecule has 0 aliphatic rings. The van der Waals surface area contributed by atoms with E-state index in [9.17, 15) is 18.7 Å². The smallest absolute Gasteiger partial charge is 0.257 e. The average Bonchev–Trinajstić information content (AvgIpc) is 2.30. The van der Waals surface area contributed by atoms with Gasteiger partial charge in [0.05, 0.1) is 18.7 Å². The monoisotopic (exact) mass is 323 g/mol. The number of amides is 1. The van der Waals surface area contributed by atoms with Crippen molar-refractivity contribution in [1.82, 2.24) is 4.90 Å². The predicted octanol–water partition coefficient (Wildman–Crippen LogP) is 1.85. The Morgan fingerprint density at radius 1 is 1.44 bits per heavy atom. The van der Waals surface area contributed by atoms with E-state index in [4.69, 9.17) is 5.11 Å². The topological polar surface area (TPSA) is 60.8 Å². The van der Waals surface area contributed by atoms with E-state index >= 15 is 0 Å². The molecule has 0 saturated carbocycles. The number of rotatable bonds is 5. The van der Waals surface area contributed by atoms with E-state index < -0.39 is 25.5 Å². The molecule has 0 fully saturated rings. The van der Waals surface area contributed by atoms with Gasteiger partial charge in [-0.2, -0.15) is 0 Å². The van der Waals surface area contributed by atoms with Crippen LogP contribution in [0, 0.1) is 0 Å². The summed E-state index contributed by atoms with van der Waals surface area (Å²) < 4.78 is 25.2. The third kappa shape index (κ3) is 3.92. The molecule has 0 aromatic heterocycles. The van der Waals surface area contributed by atoms with Crippen LogP contribution in [0.3, 0.4) is 0 Å². The largest absolute Gasteiger partial charge is 0.507 e. The molecule has 0 atom stereocenters. The molecule has 0 aliphatic carbocycles. The lowest BCUT2D eigenvalue weighted by Gasteiger charge is -2.21. The second kappa shape index (κ2) is 6.65. The van der Waals surface area contributed by atoms with Gasteiger partial charge in [-0.15, -0.1) is 0 Å². The van der Waals surface area contributed by atoms with Crippen molar-refractivity contribution in [2.24, 2.45) is 0 Å². The number of phenolic OH excluding ortho intramolecular Hbond substituents is 1. The van der Waals surface area contributed by atoms with E-state index in [1.807, 2.05) is 0 Å². The summed E-state index contributed by atoms with van der Waals surface area (Å²) in [6.07, 6.45) is -2.70. The Labute approximate surface area is 111 Å². The molecule has 1 amide bonds. The number of nitrogens with zero attached hydrogens (tertiary/aromatic N) is 1. The summed E-state index contributed by atoms with van der Waals surface area (Å²) in [5.74, 6) is -1.04. The van der Waals surface area contributed by atoms with Crippen molar-refractivity contribution in [3.8, 4) is 5.75 Å². The zero-order valence-corrected chi connectivity index (χ0v) is 10.9. The molecule has 18 heavy (non-hydrogen) atoms. The first-order valence-electron chi connectivity index (χ1n) is 5.12. The third-order valence-electron chi connectivity index (χ3n) is 2.20. The number of aromatic hydroxyl groups is 1. The second-order valence-corrected chi connectivity index (χ2v) is 4.44. The molecule has 1 rings (SSSR count). The fourth-order valence-corrected chi connectivity index (χ4v) is 1.77. The number of hydrogen-bond acceptors (Lipinski definition) is 3. The molecule has 2 N–H and O–H groups in total. The molecule has 1 aromatic carbocycles. The molecule has 0 bridgehead atoms. The maximum atomic E-state index is 12.3. The zero-order chi connectivity index (χ0) is 13.7. The molecule has 4 nitrogen and oxygen atoms in total. The average molecular weight is 324 g/mol. The molecule has 7 heteroatoms. The maximum absolute atomic E-state index is 12.3. The molecule has 100 valence electrons. The minimum absolute atomic E-state index is 0.0847. The Morgan fingerprint density at radius 2 is 2.11 bits per heavy atom. The van der Waals surface area contributed by atoms with Crippen molar-refractivity contribution in [2.75, 3.05) is 19.7 Å². The summed E-state index contributed by atoms with van der Waals surface area (Å²) in [6, 6.07) is 4.15. The Balaban J connectivity index is 2.97. The van der Waals surface area contributed by atoms with Crippen LogP contribution < -0.4 is 0 Å². The fraction of sp³-hybridized carbons (Fsp3) is 0.364. The molecular weight excluding hydrogens is 312 g/mol. The minimum atomic E-state index is -2.70. The van der Waals surface area contributed by atoms with Crippen LogP contribution in [0.5, 0.6) is 5.75 Å². The summed E-state index contributed by atoms with van der Waals surface area (Å²) in [6.45, 7) is -1.42. The summed E-state index contributed by atoms with van der Waals surface area (Å²) in [4.78, 5) is 12.7. The van der Waals surface area contributed by atoms with Crippen LogP contribution in [0.15, 0.2) is 22.7 Å². The van der Waals surface area contributed by atoms with Crippen molar-refractivity contribution >= 4 is 21.8 Å². The first kappa shape index (κ1) is 14.8. The van der Waals surface area contributed by atoms with E-state index in [0.29, 0.717) is 4.47 Å². The van der Waals surface area contributed by atoms with E-state index in [-0.39, 0.29) is 17.9 Å². The number of halogens is 3. The van der Waals surface area contributed by atoms with Gasteiger partial charge in [-0.25, -0.2) is 8.78 Å². The highest BCUT2D eigenvalue weighted by Crippen LogP contribution is 2.23. The first-order valence-corrected chi connectivity index (χ1v) is 5.91. The van der Waals surface area contributed by atoms with Crippen molar-refractivity contribution in [3.63, 3.8) is 0 Å². The highest BCUT2D eigenvalue weighted by atomic mass is 79.9. The molecule has 0 spiro atoms. The molecule has 0 heterocycles. The summed E-state index contributed by atoms with van der Waals surface area (Å²) in [5, 5.41) is 18.3. The molecule has 1 aromatic rings. The van der Waals surface area contributed by atoms with Crippen LogP contribution in [0.25, 0.3) is 0 Å². The Morgan fingerprint density at radius 3 is 2.67 bits per heavy atom. The lowest BCUT2D eigenvalue weighted by molar-refractivity contribution is 0.0506. The summed E-state index contributed by atoms with van der Waals surface area (Å²) in [7, 11) is 0. The second-order valence-electron chi connectivity index (χ2n) is 3.53. The van der Waals surface area contributed by atoms with Crippen LogP contribution >= 0.6 is 15.9 Å². The van der Waals surface area contributed by atoms with Crippen molar-refractivity contribution in [2.45, 2.75) is 6.43 Å². The van der Waals surface area contributed by atoms with Gasteiger partial charge in [0.25, 0.3) is 12.3 Å². The predicted molar refractivity (Wildman–Crippen MR) is 64.8 cm³/mol. The van der Waals surface area contributed by atoms with Gasteiger partial charge in [-0.1, -0.05) is 15.9 Å². The number of carbonyl (C=O) groups is 1. The van der Waals surface area contributed by atoms with E-state index in [0.717, 1.165) is 4.90 Å². The number of carbonyl (C=O) groups excluding carboxylic acids is 1. The van der Waals surface area contributed by atoms with Gasteiger partial charge in [-0.3, -0.25) is 4.79 Å². The number of alkyl halides is 2. The van der Waals surface area contributed by atoms with Crippen LogP contribution in [-0.4, -0.2) is 47.1 Å². The number of phenols is 1. The number of aliphatic hydroxyl groups excluding tert-OH is 1. The highest BCUT2D eigenvalue weighted by molar-refractivity contribution is 9.10. The quantitative estimate of drug-likeness (QED) is 0.869. The first-order chi connectivity index (χ1) is 8.45. The number of hydrogen-bond donors (Lipinski definition) is 2.